The van der Waals surface area contributed by atoms with Crippen LogP contribution in [0.1, 0.15) is 54.7 Å². The normalized spacial score (nSPS) is 16.4. The molecule has 0 aliphatic heterocycles. The van der Waals surface area contributed by atoms with Crippen molar-refractivity contribution in [2.24, 2.45) is 0 Å². The SMILES string of the molecule is Nc1ccc(/C=C/c2ccc(C3CCCCC3)cc2)cc1. The van der Waals surface area contributed by atoms with Gasteiger partial charge in [-0.1, -0.05) is 67.8 Å². The minimum Gasteiger partial charge on any atom is -0.399 e. The van der Waals surface area contributed by atoms with Gasteiger partial charge in [-0.25, -0.2) is 0 Å². The molecule has 1 nitrogen and oxygen atoms in total. The van der Waals surface area contributed by atoms with Gasteiger partial charge in [0.05, 0.1) is 0 Å². The molecule has 2 N–H and O–H groups in total. The van der Waals surface area contributed by atoms with Crippen LogP contribution in [0.5, 0.6) is 0 Å². The molecule has 1 aliphatic rings. The number of hydrogen-bond acceptors (Lipinski definition) is 1. The number of hydrogen-bond donors (Lipinski definition) is 1. The van der Waals surface area contributed by atoms with Gasteiger partial charge < -0.3 is 5.73 Å². The van der Waals surface area contributed by atoms with E-state index >= 15 is 0 Å². The van der Waals surface area contributed by atoms with Crippen LogP contribution in [0.3, 0.4) is 0 Å². The summed E-state index contributed by atoms with van der Waals surface area (Å²) >= 11 is 0. The third-order valence-electron chi connectivity index (χ3n) is 4.42. The van der Waals surface area contributed by atoms with Crippen LogP contribution < -0.4 is 5.73 Å². The standard InChI is InChI=1S/C20H23N/c21-20-14-10-17(11-15-20)7-6-16-8-12-19(13-9-16)18-4-2-1-3-5-18/h6-15,18H,1-5,21H2/b7-6+. The van der Waals surface area contributed by atoms with Crippen LogP contribution in [0.25, 0.3) is 12.2 Å². The molecule has 0 aromatic heterocycles. The van der Waals surface area contributed by atoms with Crippen LogP contribution in [-0.2, 0) is 0 Å². The van der Waals surface area contributed by atoms with Crippen molar-refractivity contribution in [3.63, 3.8) is 0 Å². The minimum absolute atomic E-state index is 0.786. The largest absolute Gasteiger partial charge is 0.399 e. The summed E-state index contributed by atoms with van der Waals surface area (Å²) in [4.78, 5) is 0. The first kappa shape index (κ1) is 13.9. The average molecular weight is 277 g/mol. The Bertz CT molecular complexity index is 587. The molecular formula is C20H23N. The van der Waals surface area contributed by atoms with Crippen LogP contribution >= 0.6 is 0 Å². The highest BCUT2D eigenvalue weighted by Crippen LogP contribution is 2.32. The van der Waals surface area contributed by atoms with Crippen molar-refractivity contribution in [3.8, 4) is 0 Å². The van der Waals surface area contributed by atoms with Crippen LogP contribution in [0.2, 0.25) is 0 Å². The van der Waals surface area contributed by atoms with Gasteiger partial charge in [0.2, 0.25) is 0 Å². The third-order valence-corrected chi connectivity index (χ3v) is 4.42. The highest BCUT2D eigenvalue weighted by molar-refractivity contribution is 5.70. The maximum atomic E-state index is 5.70. The molecule has 3 rings (SSSR count). The fourth-order valence-corrected chi connectivity index (χ4v) is 3.11. The van der Waals surface area contributed by atoms with E-state index in [0.29, 0.717) is 0 Å². The van der Waals surface area contributed by atoms with Gasteiger partial charge >= 0.3 is 0 Å². The molecule has 1 heteroatoms. The van der Waals surface area contributed by atoms with Gasteiger partial charge in [-0.3, -0.25) is 0 Å². The summed E-state index contributed by atoms with van der Waals surface area (Å²) in [5.74, 6) is 0.786. The van der Waals surface area contributed by atoms with Crippen molar-refractivity contribution >= 4 is 17.8 Å². The van der Waals surface area contributed by atoms with Crippen molar-refractivity contribution in [3.05, 3.63) is 65.2 Å². The Morgan fingerprint density at radius 2 is 1.24 bits per heavy atom. The van der Waals surface area contributed by atoms with Gasteiger partial charge in [-0.2, -0.15) is 0 Å². The first-order valence-electron chi connectivity index (χ1n) is 7.95. The van der Waals surface area contributed by atoms with Crippen molar-refractivity contribution in [1.82, 2.24) is 0 Å². The summed E-state index contributed by atoms with van der Waals surface area (Å²) in [6.07, 6.45) is 11.2. The zero-order valence-electron chi connectivity index (χ0n) is 12.5. The predicted octanol–water partition coefficient (Wildman–Crippen LogP) is 5.49. The zero-order chi connectivity index (χ0) is 14.5. The van der Waals surface area contributed by atoms with Gasteiger partial charge in [0.25, 0.3) is 0 Å². The molecule has 0 heterocycles. The first-order chi connectivity index (χ1) is 10.3. The summed E-state index contributed by atoms with van der Waals surface area (Å²) in [5.41, 5.74) is 10.5. The Balaban J connectivity index is 1.67. The summed E-state index contributed by atoms with van der Waals surface area (Å²) in [7, 11) is 0. The molecule has 0 atom stereocenters. The van der Waals surface area contributed by atoms with E-state index in [4.69, 9.17) is 5.73 Å². The van der Waals surface area contributed by atoms with E-state index in [1.54, 1.807) is 0 Å². The van der Waals surface area contributed by atoms with Gasteiger partial charge in [0.1, 0.15) is 0 Å². The van der Waals surface area contributed by atoms with Crippen molar-refractivity contribution in [2.75, 3.05) is 5.73 Å². The second-order valence-corrected chi connectivity index (χ2v) is 6.00. The molecule has 21 heavy (non-hydrogen) atoms. The monoisotopic (exact) mass is 277 g/mol. The fourth-order valence-electron chi connectivity index (χ4n) is 3.11. The zero-order valence-corrected chi connectivity index (χ0v) is 12.5. The molecule has 1 fully saturated rings. The molecule has 0 spiro atoms. The van der Waals surface area contributed by atoms with Crippen molar-refractivity contribution in [1.29, 1.82) is 0 Å². The third kappa shape index (κ3) is 3.75. The Kier molecular flexibility index (Phi) is 4.40. The van der Waals surface area contributed by atoms with Crippen molar-refractivity contribution in [2.45, 2.75) is 38.0 Å². The molecule has 108 valence electrons. The minimum atomic E-state index is 0.786. The number of benzene rings is 2. The fraction of sp³-hybridized carbons (Fsp3) is 0.300. The van der Waals surface area contributed by atoms with Crippen LogP contribution in [0, 0.1) is 0 Å². The Labute approximate surface area is 127 Å². The second-order valence-electron chi connectivity index (χ2n) is 6.00. The summed E-state index contributed by atoms with van der Waals surface area (Å²) < 4.78 is 0. The molecule has 0 unspecified atom stereocenters. The first-order valence-corrected chi connectivity index (χ1v) is 7.95. The number of rotatable bonds is 3. The number of nitrogen functional groups attached to an aromatic ring is 1. The van der Waals surface area contributed by atoms with Crippen LogP contribution in [0.15, 0.2) is 48.5 Å². The Hall–Kier alpha value is -2.02. The molecule has 0 bridgehead atoms. The molecule has 1 saturated carbocycles. The topological polar surface area (TPSA) is 26.0 Å². The lowest BCUT2D eigenvalue weighted by atomic mass is 9.84. The lowest BCUT2D eigenvalue weighted by Crippen LogP contribution is -2.04. The maximum Gasteiger partial charge on any atom is 0.0314 e. The molecule has 0 amide bonds. The van der Waals surface area contributed by atoms with E-state index in [-0.39, 0.29) is 0 Å². The lowest BCUT2D eigenvalue weighted by molar-refractivity contribution is 0.443. The molecule has 2 aromatic carbocycles. The summed E-state index contributed by atoms with van der Waals surface area (Å²) in [6, 6.07) is 17.0. The van der Waals surface area contributed by atoms with Gasteiger partial charge in [-0.15, -0.1) is 0 Å². The van der Waals surface area contributed by atoms with E-state index in [1.807, 2.05) is 24.3 Å². The summed E-state index contributed by atoms with van der Waals surface area (Å²) in [6.45, 7) is 0. The number of anilines is 1. The lowest BCUT2D eigenvalue weighted by Gasteiger charge is -2.21. The van der Waals surface area contributed by atoms with Crippen molar-refractivity contribution < 1.29 is 0 Å². The molecule has 0 radical (unpaired) electrons. The van der Waals surface area contributed by atoms with Gasteiger partial charge in [0.15, 0.2) is 0 Å². The van der Waals surface area contributed by atoms with Crippen LogP contribution in [-0.4, -0.2) is 0 Å². The molecule has 0 saturated heterocycles. The quantitative estimate of drug-likeness (QED) is 0.583. The molecule has 2 aromatic rings. The van der Waals surface area contributed by atoms with E-state index in [1.165, 1.54) is 48.8 Å². The van der Waals surface area contributed by atoms with Crippen LogP contribution in [0.4, 0.5) is 5.69 Å². The van der Waals surface area contributed by atoms with Gasteiger partial charge in [0, 0.05) is 5.69 Å². The second kappa shape index (κ2) is 6.62. The highest BCUT2D eigenvalue weighted by Gasteiger charge is 2.14. The van der Waals surface area contributed by atoms with E-state index in [2.05, 4.69) is 36.4 Å². The maximum absolute atomic E-state index is 5.70. The van der Waals surface area contributed by atoms with E-state index < -0.39 is 0 Å². The Morgan fingerprint density at radius 1 is 0.714 bits per heavy atom. The summed E-state index contributed by atoms with van der Waals surface area (Å²) in [5, 5.41) is 0. The molecule has 1 aliphatic carbocycles. The molecular weight excluding hydrogens is 254 g/mol. The van der Waals surface area contributed by atoms with E-state index in [9.17, 15) is 0 Å². The Morgan fingerprint density at radius 3 is 1.81 bits per heavy atom. The number of nitrogens with two attached hydrogens (primary N) is 1. The smallest absolute Gasteiger partial charge is 0.0314 e. The predicted molar refractivity (Wildman–Crippen MR) is 92.1 cm³/mol. The van der Waals surface area contributed by atoms with E-state index in [0.717, 1.165) is 11.6 Å². The van der Waals surface area contributed by atoms with Gasteiger partial charge in [-0.05, 0) is 47.6 Å². The average Bonchev–Trinajstić information content (AvgIpc) is 2.56. The highest BCUT2D eigenvalue weighted by atomic mass is 14.5.